The summed E-state index contributed by atoms with van der Waals surface area (Å²) in [4.78, 5) is 0. The predicted molar refractivity (Wildman–Crippen MR) is 81.2 cm³/mol. The first-order valence-corrected chi connectivity index (χ1v) is 7.63. The molecule has 0 spiro atoms. The normalized spacial score (nSPS) is 10.6. The molecule has 0 amide bonds. The molecule has 2 nitrogen and oxygen atoms in total. The monoisotopic (exact) mass is 313 g/mol. The fourth-order valence-corrected chi connectivity index (χ4v) is 2.45. The molecular formula is C15H24BrNO. The maximum atomic E-state index is 5.91. The second-order valence-electron chi connectivity index (χ2n) is 4.52. The fourth-order valence-electron chi connectivity index (χ4n) is 1.92. The Labute approximate surface area is 119 Å². The van der Waals surface area contributed by atoms with Crippen LogP contribution in [-0.2, 0) is 6.54 Å². The minimum Gasteiger partial charge on any atom is -0.492 e. The summed E-state index contributed by atoms with van der Waals surface area (Å²) in [6.45, 7) is 3.88. The van der Waals surface area contributed by atoms with E-state index in [0.29, 0.717) is 0 Å². The molecule has 0 aromatic heterocycles. The van der Waals surface area contributed by atoms with Crippen LogP contribution >= 0.6 is 15.9 Å². The average molecular weight is 314 g/mol. The van der Waals surface area contributed by atoms with Gasteiger partial charge in [0.15, 0.2) is 0 Å². The van der Waals surface area contributed by atoms with Crippen molar-refractivity contribution < 1.29 is 4.74 Å². The number of para-hydroxylation sites is 1. The van der Waals surface area contributed by atoms with Gasteiger partial charge in [-0.25, -0.2) is 0 Å². The van der Waals surface area contributed by atoms with Crippen molar-refractivity contribution in [3.05, 3.63) is 28.2 Å². The number of benzene rings is 1. The van der Waals surface area contributed by atoms with Crippen LogP contribution in [0.1, 0.15) is 44.6 Å². The number of rotatable bonds is 9. The highest BCUT2D eigenvalue weighted by Crippen LogP contribution is 2.29. The van der Waals surface area contributed by atoms with Gasteiger partial charge in [0.25, 0.3) is 0 Å². The smallest absolute Gasteiger partial charge is 0.137 e. The molecule has 0 radical (unpaired) electrons. The third kappa shape index (κ3) is 5.40. The summed E-state index contributed by atoms with van der Waals surface area (Å²) in [6, 6.07) is 6.18. The van der Waals surface area contributed by atoms with Crippen LogP contribution in [0.5, 0.6) is 5.75 Å². The van der Waals surface area contributed by atoms with Crippen molar-refractivity contribution in [2.75, 3.05) is 13.7 Å². The van der Waals surface area contributed by atoms with Gasteiger partial charge in [-0.3, -0.25) is 0 Å². The van der Waals surface area contributed by atoms with Gasteiger partial charge in [-0.05, 0) is 35.5 Å². The van der Waals surface area contributed by atoms with Crippen LogP contribution in [0.3, 0.4) is 0 Å². The predicted octanol–water partition coefficient (Wildman–Crippen LogP) is 4.52. The first-order chi connectivity index (χ1) is 8.79. The van der Waals surface area contributed by atoms with E-state index in [1.165, 1.54) is 31.2 Å². The van der Waals surface area contributed by atoms with E-state index in [1.807, 2.05) is 19.2 Å². The summed E-state index contributed by atoms with van der Waals surface area (Å²) >= 11 is 3.56. The van der Waals surface area contributed by atoms with E-state index < -0.39 is 0 Å². The summed E-state index contributed by atoms with van der Waals surface area (Å²) in [5, 5.41) is 3.17. The second-order valence-corrected chi connectivity index (χ2v) is 5.38. The number of nitrogens with one attached hydrogen (secondary N) is 1. The van der Waals surface area contributed by atoms with Crippen LogP contribution in [0.15, 0.2) is 22.7 Å². The molecule has 0 aliphatic carbocycles. The molecule has 0 saturated heterocycles. The highest BCUT2D eigenvalue weighted by Gasteiger charge is 2.06. The largest absolute Gasteiger partial charge is 0.492 e. The minimum absolute atomic E-state index is 0.809. The van der Waals surface area contributed by atoms with E-state index in [1.54, 1.807) is 0 Å². The zero-order valence-corrected chi connectivity index (χ0v) is 13.1. The first-order valence-electron chi connectivity index (χ1n) is 6.84. The molecule has 1 aromatic carbocycles. The molecule has 1 N–H and O–H groups in total. The van der Waals surface area contributed by atoms with E-state index in [2.05, 4.69) is 34.2 Å². The molecule has 1 rings (SSSR count). The Hall–Kier alpha value is -0.540. The maximum Gasteiger partial charge on any atom is 0.137 e. The van der Waals surface area contributed by atoms with Crippen molar-refractivity contribution in [2.24, 2.45) is 0 Å². The van der Waals surface area contributed by atoms with Crippen LogP contribution < -0.4 is 10.1 Å². The summed E-state index contributed by atoms with van der Waals surface area (Å²) in [7, 11) is 1.95. The molecule has 3 heteroatoms. The summed E-state index contributed by atoms with van der Waals surface area (Å²) in [5.74, 6) is 0.988. The summed E-state index contributed by atoms with van der Waals surface area (Å²) in [6.07, 6.45) is 6.34. The molecular weight excluding hydrogens is 290 g/mol. The van der Waals surface area contributed by atoms with Crippen LogP contribution in [0.4, 0.5) is 0 Å². The second kappa shape index (κ2) is 9.40. The first kappa shape index (κ1) is 15.5. The van der Waals surface area contributed by atoms with Crippen molar-refractivity contribution in [2.45, 2.75) is 45.6 Å². The highest BCUT2D eigenvalue weighted by molar-refractivity contribution is 9.10. The molecule has 18 heavy (non-hydrogen) atoms. The van der Waals surface area contributed by atoms with Crippen molar-refractivity contribution in [1.29, 1.82) is 0 Å². The van der Waals surface area contributed by atoms with Gasteiger partial charge in [0.05, 0.1) is 11.1 Å². The topological polar surface area (TPSA) is 21.3 Å². The standard InChI is InChI=1S/C15H24BrNO/c1-3-4-5-6-7-11-18-15-13(12-17-2)9-8-10-14(15)16/h8-10,17H,3-7,11-12H2,1-2H3. The molecule has 0 unspecified atom stereocenters. The number of unbranched alkanes of at least 4 members (excludes halogenated alkanes) is 4. The van der Waals surface area contributed by atoms with E-state index >= 15 is 0 Å². The average Bonchev–Trinajstić information content (AvgIpc) is 2.36. The molecule has 1 aromatic rings. The molecule has 0 aliphatic rings. The zero-order valence-electron chi connectivity index (χ0n) is 11.5. The zero-order chi connectivity index (χ0) is 13.2. The Morgan fingerprint density at radius 2 is 1.94 bits per heavy atom. The molecule has 0 atom stereocenters. The van der Waals surface area contributed by atoms with E-state index in [9.17, 15) is 0 Å². The van der Waals surface area contributed by atoms with Crippen LogP contribution in [-0.4, -0.2) is 13.7 Å². The Bertz CT molecular complexity index is 341. The van der Waals surface area contributed by atoms with Gasteiger partial charge in [-0.15, -0.1) is 0 Å². The Morgan fingerprint density at radius 3 is 2.67 bits per heavy atom. The van der Waals surface area contributed by atoms with Gasteiger partial charge >= 0.3 is 0 Å². The van der Waals surface area contributed by atoms with Gasteiger partial charge in [0, 0.05) is 12.1 Å². The minimum atomic E-state index is 0.809. The molecule has 0 bridgehead atoms. The SMILES string of the molecule is CCCCCCCOc1c(Br)cccc1CNC. The number of ether oxygens (including phenoxy) is 1. The quantitative estimate of drug-likeness (QED) is 0.677. The third-order valence-electron chi connectivity index (χ3n) is 2.91. The van der Waals surface area contributed by atoms with Crippen LogP contribution in [0.2, 0.25) is 0 Å². The van der Waals surface area contributed by atoms with Gasteiger partial charge in [0.2, 0.25) is 0 Å². The summed E-state index contributed by atoms with van der Waals surface area (Å²) < 4.78 is 6.96. The van der Waals surface area contributed by atoms with Gasteiger partial charge in [-0.2, -0.15) is 0 Å². The molecule has 0 aliphatic heterocycles. The number of halogens is 1. The van der Waals surface area contributed by atoms with Gasteiger partial charge in [-0.1, -0.05) is 44.7 Å². The van der Waals surface area contributed by atoms with Crippen molar-refractivity contribution >= 4 is 15.9 Å². The fraction of sp³-hybridized carbons (Fsp3) is 0.600. The lowest BCUT2D eigenvalue weighted by Crippen LogP contribution is -2.08. The highest BCUT2D eigenvalue weighted by atomic mass is 79.9. The van der Waals surface area contributed by atoms with E-state index in [0.717, 1.165) is 29.8 Å². The Kier molecular flexibility index (Phi) is 8.10. The number of hydrogen-bond donors (Lipinski definition) is 1. The van der Waals surface area contributed by atoms with Crippen molar-refractivity contribution in [1.82, 2.24) is 5.32 Å². The lowest BCUT2D eigenvalue weighted by Gasteiger charge is -2.13. The molecule has 0 saturated carbocycles. The Morgan fingerprint density at radius 1 is 1.17 bits per heavy atom. The van der Waals surface area contributed by atoms with Crippen molar-refractivity contribution in [3.63, 3.8) is 0 Å². The van der Waals surface area contributed by atoms with Crippen molar-refractivity contribution in [3.8, 4) is 5.75 Å². The molecule has 0 fully saturated rings. The van der Waals surface area contributed by atoms with E-state index in [4.69, 9.17) is 4.74 Å². The van der Waals surface area contributed by atoms with Crippen LogP contribution in [0, 0.1) is 0 Å². The number of hydrogen-bond acceptors (Lipinski definition) is 2. The lowest BCUT2D eigenvalue weighted by atomic mass is 10.1. The van der Waals surface area contributed by atoms with Gasteiger partial charge < -0.3 is 10.1 Å². The third-order valence-corrected chi connectivity index (χ3v) is 3.53. The van der Waals surface area contributed by atoms with Gasteiger partial charge in [0.1, 0.15) is 5.75 Å². The maximum absolute atomic E-state index is 5.91. The van der Waals surface area contributed by atoms with Crippen LogP contribution in [0.25, 0.3) is 0 Å². The molecule has 102 valence electrons. The van der Waals surface area contributed by atoms with E-state index in [-0.39, 0.29) is 0 Å². The summed E-state index contributed by atoms with van der Waals surface area (Å²) in [5.41, 5.74) is 1.21. The molecule has 0 heterocycles. The lowest BCUT2D eigenvalue weighted by molar-refractivity contribution is 0.299. The Balaban J connectivity index is 2.40.